The van der Waals surface area contributed by atoms with Crippen LogP contribution in [0.3, 0.4) is 0 Å². The fraction of sp³-hybridized carbons (Fsp3) is 0.0500. The van der Waals surface area contributed by atoms with Crippen LogP contribution in [0.2, 0.25) is 0 Å². The van der Waals surface area contributed by atoms with E-state index in [-0.39, 0.29) is 17.1 Å². The number of hydrogen-bond donors (Lipinski definition) is 1. The maximum atomic E-state index is 12.6. The average molecular weight is 316 g/mol. The largest absolute Gasteiger partial charge is 0.507 e. The number of carbonyl (C=O) groups is 1. The molecular formula is C20H16N2O2. The van der Waals surface area contributed by atoms with Crippen molar-refractivity contribution in [2.45, 2.75) is 6.92 Å². The molecule has 0 radical (unpaired) electrons. The molecule has 0 aromatic heterocycles. The molecular weight excluding hydrogens is 300 g/mol. The Hall–Kier alpha value is -3.27. The van der Waals surface area contributed by atoms with Crippen LogP contribution in [0.25, 0.3) is 0 Å². The van der Waals surface area contributed by atoms with Gasteiger partial charge in [-0.05, 0) is 36.8 Å². The minimum atomic E-state index is -0.246. The fourth-order valence-corrected chi connectivity index (χ4v) is 2.32. The van der Waals surface area contributed by atoms with E-state index < -0.39 is 0 Å². The Morgan fingerprint density at radius 2 is 1.50 bits per heavy atom. The van der Waals surface area contributed by atoms with Crippen molar-refractivity contribution in [1.82, 2.24) is 0 Å². The minimum Gasteiger partial charge on any atom is -0.507 e. The summed E-state index contributed by atoms with van der Waals surface area (Å²) in [6, 6.07) is 21.3. The van der Waals surface area contributed by atoms with Gasteiger partial charge in [0.15, 0.2) is 5.78 Å². The van der Waals surface area contributed by atoms with Gasteiger partial charge in [-0.1, -0.05) is 48.5 Å². The van der Waals surface area contributed by atoms with Crippen LogP contribution in [0.4, 0.5) is 11.4 Å². The maximum absolute atomic E-state index is 12.6. The molecule has 1 N–H and O–H groups in total. The van der Waals surface area contributed by atoms with Gasteiger partial charge in [0, 0.05) is 5.56 Å². The first-order chi connectivity index (χ1) is 11.6. The second-order valence-corrected chi connectivity index (χ2v) is 5.39. The van der Waals surface area contributed by atoms with Crippen LogP contribution in [0.15, 0.2) is 83.0 Å². The summed E-state index contributed by atoms with van der Waals surface area (Å²) in [5, 5.41) is 18.5. The number of aryl methyl sites for hydroxylation is 1. The number of phenolic OH excluding ortho intramolecular Hbond substituents is 1. The standard InChI is InChI=1S/C20H16N2O2/c1-14-12-19(23)17(20(24)15-8-4-2-5-9-15)13-18(14)22-21-16-10-6-3-7-11-16/h2-13,23H,1H3. The maximum Gasteiger partial charge on any atom is 0.196 e. The highest BCUT2D eigenvalue weighted by atomic mass is 16.3. The van der Waals surface area contributed by atoms with Gasteiger partial charge in [-0.25, -0.2) is 0 Å². The summed E-state index contributed by atoms with van der Waals surface area (Å²) in [6.07, 6.45) is 0. The summed E-state index contributed by atoms with van der Waals surface area (Å²) in [5.74, 6) is -0.302. The zero-order valence-corrected chi connectivity index (χ0v) is 13.2. The first-order valence-electron chi connectivity index (χ1n) is 7.55. The molecule has 118 valence electrons. The Bertz CT molecular complexity index is 888. The van der Waals surface area contributed by atoms with Crippen LogP contribution in [-0.4, -0.2) is 10.9 Å². The van der Waals surface area contributed by atoms with Crippen LogP contribution in [0.5, 0.6) is 5.75 Å². The van der Waals surface area contributed by atoms with Crippen molar-refractivity contribution < 1.29 is 9.90 Å². The van der Waals surface area contributed by atoms with Gasteiger partial charge >= 0.3 is 0 Å². The van der Waals surface area contributed by atoms with Gasteiger partial charge in [-0.2, -0.15) is 10.2 Å². The van der Waals surface area contributed by atoms with Crippen molar-refractivity contribution >= 4 is 17.2 Å². The minimum absolute atomic E-state index is 0.0555. The molecule has 0 aliphatic heterocycles. The lowest BCUT2D eigenvalue weighted by atomic mass is 10.00. The van der Waals surface area contributed by atoms with E-state index in [1.165, 1.54) is 6.07 Å². The quantitative estimate of drug-likeness (QED) is 0.521. The van der Waals surface area contributed by atoms with Gasteiger partial charge in [0.1, 0.15) is 5.75 Å². The molecule has 0 saturated heterocycles. The monoisotopic (exact) mass is 316 g/mol. The molecule has 4 heteroatoms. The molecule has 0 atom stereocenters. The Labute approximate surface area is 140 Å². The molecule has 0 amide bonds. The molecule has 3 aromatic rings. The van der Waals surface area contributed by atoms with E-state index in [1.807, 2.05) is 43.3 Å². The molecule has 0 heterocycles. The van der Waals surface area contributed by atoms with E-state index in [0.717, 1.165) is 11.3 Å². The topological polar surface area (TPSA) is 62.0 Å². The van der Waals surface area contributed by atoms with E-state index in [4.69, 9.17) is 0 Å². The summed E-state index contributed by atoms with van der Waals surface area (Å²) < 4.78 is 0. The number of hydrogen-bond acceptors (Lipinski definition) is 4. The first kappa shape index (κ1) is 15.6. The fourth-order valence-electron chi connectivity index (χ4n) is 2.32. The molecule has 3 rings (SSSR count). The normalized spacial score (nSPS) is 10.9. The summed E-state index contributed by atoms with van der Waals surface area (Å²) in [7, 11) is 0. The zero-order chi connectivity index (χ0) is 16.9. The summed E-state index contributed by atoms with van der Waals surface area (Å²) in [6.45, 7) is 1.82. The third-order valence-electron chi connectivity index (χ3n) is 3.62. The van der Waals surface area contributed by atoms with Crippen molar-refractivity contribution in [3.05, 3.63) is 89.5 Å². The van der Waals surface area contributed by atoms with Crippen molar-refractivity contribution in [3.8, 4) is 5.75 Å². The second kappa shape index (κ2) is 6.87. The van der Waals surface area contributed by atoms with Crippen molar-refractivity contribution in [2.24, 2.45) is 10.2 Å². The van der Waals surface area contributed by atoms with Crippen molar-refractivity contribution in [1.29, 1.82) is 0 Å². The molecule has 0 unspecified atom stereocenters. The Kier molecular flexibility index (Phi) is 4.47. The Morgan fingerprint density at radius 1 is 0.875 bits per heavy atom. The highest BCUT2D eigenvalue weighted by molar-refractivity contribution is 6.11. The van der Waals surface area contributed by atoms with Crippen molar-refractivity contribution in [3.63, 3.8) is 0 Å². The van der Waals surface area contributed by atoms with E-state index in [2.05, 4.69) is 10.2 Å². The van der Waals surface area contributed by atoms with Crippen molar-refractivity contribution in [2.75, 3.05) is 0 Å². The highest BCUT2D eigenvalue weighted by Crippen LogP contribution is 2.30. The third kappa shape index (κ3) is 3.38. The highest BCUT2D eigenvalue weighted by Gasteiger charge is 2.15. The molecule has 0 saturated carbocycles. The molecule has 0 fully saturated rings. The number of ketones is 1. The molecule has 0 aliphatic rings. The summed E-state index contributed by atoms with van der Waals surface area (Å²) in [4.78, 5) is 12.6. The van der Waals surface area contributed by atoms with Crippen LogP contribution in [-0.2, 0) is 0 Å². The van der Waals surface area contributed by atoms with E-state index >= 15 is 0 Å². The molecule has 0 aliphatic carbocycles. The number of phenols is 1. The Balaban J connectivity index is 1.97. The van der Waals surface area contributed by atoms with Crippen LogP contribution >= 0.6 is 0 Å². The number of nitrogens with zero attached hydrogens (tertiary/aromatic N) is 2. The first-order valence-corrected chi connectivity index (χ1v) is 7.55. The molecule has 3 aromatic carbocycles. The lowest BCUT2D eigenvalue weighted by Gasteiger charge is -2.07. The molecule has 0 bridgehead atoms. The van der Waals surface area contributed by atoms with Crippen LogP contribution in [0, 0.1) is 6.92 Å². The van der Waals surface area contributed by atoms with Gasteiger partial charge in [-0.3, -0.25) is 4.79 Å². The number of azo groups is 1. The molecule has 4 nitrogen and oxygen atoms in total. The van der Waals surface area contributed by atoms with E-state index in [9.17, 15) is 9.90 Å². The molecule has 24 heavy (non-hydrogen) atoms. The summed E-state index contributed by atoms with van der Waals surface area (Å²) >= 11 is 0. The van der Waals surface area contributed by atoms with Gasteiger partial charge in [0.25, 0.3) is 0 Å². The van der Waals surface area contributed by atoms with Gasteiger partial charge in [0.05, 0.1) is 16.9 Å². The number of rotatable bonds is 4. The van der Waals surface area contributed by atoms with Gasteiger partial charge in [0.2, 0.25) is 0 Å². The molecule has 0 spiro atoms. The second-order valence-electron chi connectivity index (χ2n) is 5.39. The summed E-state index contributed by atoms with van der Waals surface area (Å²) in [5.41, 5.74) is 2.75. The van der Waals surface area contributed by atoms with Crippen LogP contribution < -0.4 is 0 Å². The van der Waals surface area contributed by atoms with Gasteiger partial charge < -0.3 is 5.11 Å². The third-order valence-corrected chi connectivity index (χ3v) is 3.62. The average Bonchev–Trinajstić information content (AvgIpc) is 2.62. The van der Waals surface area contributed by atoms with Gasteiger partial charge in [-0.15, -0.1) is 0 Å². The predicted octanol–water partition coefficient (Wildman–Crippen LogP) is 5.35. The lowest BCUT2D eigenvalue weighted by molar-refractivity contribution is 0.103. The smallest absolute Gasteiger partial charge is 0.196 e. The SMILES string of the molecule is Cc1cc(O)c(C(=O)c2ccccc2)cc1N=Nc1ccccc1. The lowest BCUT2D eigenvalue weighted by Crippen LogP contribution is -2.01. The number of benzene rings is 3. The Morgan fingerprint density at radius 3 is 2.17 bits per heavy atom. The van der Waals surface area contributed by atoms with E-state index in [1.54, 1.807) is 30.3 Å². The van der Waals surface area contributed by atoms with E-state index in [0.29, 0.717) is 11.3 Å². The number of aromatic hydroxyl groups is 1. The predicted molar refractivity (Wildman–Crippen MR) is 93.3 cm³/mol. The zero-order valence-electron chi connectivity index (χ0n) is 13.2. The number of carbonyl (C=O) groups excluding carboxylic acids is 1. The van der Waals surface area contributed by atoms with Crippen LogP contribution in [0.1, 0.15) is 21.5 Å².